The van der Waals surface area contributed by atoms with E-state index in [9.17, 15) is 4.79 Å². The predicted octanol–water partition coefficient (Wildman–Crippen LogP) is 2.10. The standard InChI is InChI=1S/C12H20N2O/c1-10-8-13(2)12(15)14(9-10)11-6-4-3-5-7-11/h4,6,10-11H,3,5,7-9H2,1-2H3/t10-,11-/m0/s1. The Hall–Kier alpha value is -0.990. The number of hydrogen-bond acceptors (Lipinski definition) is 1. The lowest BCUT2D eigenvalue weighted by Crippen LogP contribution is -2.54. The van der Waals surface area contributed by atoms with E-state index in [1.807, 2.05) is 16.8 Å². The summed E-state index contributed by atoms with van der Waals surface area (Å²) in [5.74, 6) is 0.586. The minimum Gasteiger partial charge on any atom is -0.327 e. The van der Waals surface area contributed by atoms with E-state index in [1.54, 1.807) is 0 Å². The molecule has 0 spiro atoms. The highest BCUT2D eigenvalue weighted by atomic mass is 16.2. The molecule has 1 aliphatic carbocycles. The summed E-state index contributed by atoms with van der Waals surface area (Å²) >= 11 is 0. The van der Waals surface area contributed by atoms with Crippen LogP contribution in [0.4, 0.5) is 4.79 Å². The number of rotatable bonds is 1. The largest absolute Gasteiger partial charge is 0.327 e. The van der Waals surface area contributed by atoms with E-state index < -0.39 is 0 Å². The van der Waals surface area contributed by atoms with Gasteiger partial charge in [-0.25, -0.2) is 4.79 Å². The van der Waals surface area contributed by atoms with Gasteiger partial charge in [-0.15, -0.1) is 0 Å². The van der Waals surface area contributed by atoms with Crippen LogP contribution in [0.5, 0.6) is 0 Å². The van der Waals surface area contributed by atoms with Crippen LogP contribution in [0, 0.1) is 5.92 Å². The van der Waals surface area contributed by atoms with Gasteiger partial charge in [0.05, 0.1) is 6.04 Å². The van der Waals surface area contributed by atoms with Gasteiger partial charge in [0.2, 0.25) is 0 Å². The van der Waals surface area contributed by atoms with Crippen molar-refractivity contribution in [2.45, 2.75) is 32.2 Å². The van der Waals surface area contributed by atoms with Crippen LogP contribution in [0.3, 0.4) is 0 Å². The van der Waals surface area contributed by atoms with Crippen LogP contribution in [0.15, 0.2) is 12.2 Å². The zero-order chi connectivity index (χ0) is 10.8. The Kier molecular flexibility index (Phi) is 2.98. The minimum atomic E-state index is 0.199. The first kappa shape index (κ1) is 10.5. The van der Waals surface area contributed by atoms with E-state index >= 15 is 0 Å². The molecule has 15 heavy (non-hydrogen) atoms. The zero-order valence-electron chi connectivity index (χ0n) is 9.65. The molecule has 3 heteroatoms. The fourth-order valence-electron chi connectivity index (χ4n) is 2.57. The molecule has 1 aliphatic heterocycles. The molecule has 84 valence electrons. The zero-order valence-corrected chi connectivity index (χ0v) is 9.65. The summed E-state index contributed by atoms with van der Waals surface area (Å²) in [6.07, 6.45) is 7.92. The molecule has 1 fully saturated rings. The van der Waals surface area contributed by atoms with Gasteiger partial charge in [-0.05, 0) is 25.2 Å². The normalized spacial score (nSPS) is 32.3. The second-order valence-electron chi connectivity index (χ2n) is 4.85. The second kappa shape index (κ2) is 4.25. The lowest BCUT2D eigenvalue weighted by molar-refractivity contribution is 0.103. The average Bonchev–Trinajstić information content (AvgIpc) is 2.24. The van der Waals surface area contributed by atoms with E-state index in [1.165, 1.54) is 12.8 Å². The van der Waals surface area contributed by atoms with Gasteiger partial charge in [0.15, 0.2) is 0 Å². The lowest BCUT2D eigenvalue weighted by Gasteiger charge is -2.41. The van der Waals surface area contributed by atoms with Crippen molar-refractivity contribution >= 4 is 6.03 Å². The molecule has 0 aromatic heterocycles. The highest BCUT2D eigenvalue weighted by molar-refractivity contribution is 5.75. The molecular formula is C12H20N2O. The summed E-state index contributed by atoms with van der Waals surface area (Å²) < 4.78 is 0. The number of hydrogen-bond donors (Lipinski definition) is 0. The van der Waals surface area contributed by atoms with Crippen LogP contribution in [0.1, 0.15) is 26.2 Å². The van der Waals surface area contributed by atoms with Gasteiger partial charge in [0, 0.05) is 20.1 Å². The maximum Gasteiger partial charge on any atom is 0.320 e. The van der Waals surface area contributed by atoms with Crippen molar-refractivity contribution in [2.75, 3.05) is 20.1 Å². The van der Waals surface area contributed by atoms with Gasteiger partial charge < -0.3 is 9.80 Å². The maximum atomic E-state index is 12.0. The smallest absolute Gasteiger partial charge is 0.320 e. The molecule has 0 saturated carbocycles. The molecule has 0 bridgehead atoms. The molecule has 0 radical (unpaired) electrons. The number of nitrogens with zero attached hydrogens (tertiary/aromatic N) is 2. The molecule has 1 saturated heterocycles. The van der Waals surface area contributed by atoms with Gasteiger partial charge in [0.25, 0.3) is 0 Å². The van der Waals surface area contributed by atoms with E-state index in [0.29, 0.717) is 12.0 Å². The Morgan fingerprint density at radius 3 is 2.87 bits per heavy atom. The lowest BCUT2D eigenvalue weighted by atomic mass is 9.99. The van der Waals surface area contributed by atoms with Gasteiger partial charge in [-0.2, -0.15) is 0 Å². The Bertz CT molecular complexity index is 275. The molecule has 0 unspecified atom stereocenters. The number of carbonyl (C=O) groups is 1. The van der Waals surface area contributed by atoms with Crippen molar-refractivity contribution in [1.82, 2.24) is 9.80 Å². The minimum absolute atomic E-state index is 0.199. The van der Waals surface area contributed by atoms with Crippen LogP contribution in [-0.2, 0) is 0 Å². The fourth-order valence-corrected chi connectivity index (χ4v) is 2.57. The first-order chi connectivity index (χ1) is 7.18. The topological polar surface area (TPSA) is 23.6 Å². The van der Waals surface area contributed by atoms with E-state index in [4.69, 9.17) is 0 Å². The predicted molar refractivity (Wildman–Crippen MR) is 60.7 cm³/mol. The molecule has 2 atom stereocenters. The highest BCUT2D eigenvalue weighted by Crippen LogP contribution is 2.22. The molecule has 3 nitrogen and oxygen atoms in total. The summed E-state index contributed by atoms with van der Waals surface area (Å²) in [4.78, 5) is 15.9. The van der Waals surface area contributed by atoms with Crippen LogP contribution in [0.25, 0.3) is 0 Å². The van der Waals surface area contributed by atoms with Gasteiger partial charge in [-0.3, -0.25) is 0 Å². The third kappa shape index (κ3) is 2.16. The second-order valence-corrected chi connectivity index (χ2v) is 4.85. The van der Waals surface area contributed by atoms with E-state index in [-0.39, 0.29) is 6.03 Å². The van der Waals surface area contributed by atoms with Gasteiger partial charge >= 0.3 is 6.03 Å². The summed E-state index contributed by atoms with van der Waals surface area (Å²) in [7, 11) is 1.90. The Morgan fingerprint density at radius 1 is 1.40 bits per heavy atom. The highest BCUT2D eigenvalue weighted by Gasteiger charge is 2.31. The van der Waals surface area contributed by atoms with E-state index in [2.05, 4.69) is 19.1 Å². The third-order valence-electron chi connectivity index (χ3n) is 3.30. The Labute approximate surface area is 91.7 Å². The molecule has 0 aromatic carbocycles. The number of urea groups is 1. The third-order valence-corrected chi connectivity index (χ3v) is 3.30. The van der Waals surface area contributed by atoms with Crippen LogP contribution >= 0.6 is 0 Å². The maximum absolute atomic E-state index is 12.0. The van der Waals surface area contributed by atoms with Crippen LogP contribution in [0.2, 0.25) is 0 Å². The van der Waals surface area contributed by atoms with Gasteiger partial charge in [0.1, 0.15) is 0 Å². The Morgan fingerprint density at radius 2 is 2.20 bits per heavy atom. The molecule has 1 heterocycles. The first-order valence-corrected chi connectivity index (χ1v) is 5.87. The number of amides is 2. The molecular weight excluding hydrogens is 188 g/mol. The van der Waals surface area contributed by atoms with Crippen molar-refractivity contribution in [1.29, 1.82) is 0 Å². The number of allylic oxidation sites excluding steroid dienone is 1. The SMILES string of the molecule is C[C@H]1CN(C)C(=O)N([C@H]2C=CCCC2)C1. The summed E-state index contributed by atoms with van der Waals surface area (Å²) in [6, 6.07) is 0.543. The fraction of sp³-hybridized carbons (Fsp3) is 0.750. The summed E-state index contributed by atoms with van der Waals surface area (Å²) in [6.45, 7) is 4.02. The van der Waals surface area contributed by atoms with Crippen molar-refractivity contribution in [3.8, 4) is 0 Å². The Balaban J connectivity index is 2.08. The number of carbonyl (C=O) groups excluding carboxylic acids is 1. The molecule has 2 aliphatic rings. The monoisotopic (exact) mass is 208 g/mol. The molecule has 2 amide bonds. The summed E-state index contributed by atoms with van der Waals surface area (Å²) in [5, 5.41) is 0. The first-order valence-electron chi connectivity index (χ1n) is 5.87. The van der Waals surface area contributed by atoms with Crippen molar-refractivity contribution in [2.24, 2.45) is 5.92 Å². The van der Waals surface area contributed by atoms with Crippen LogP contribution in [-0.4, -0.2) is 42.0 Å². The quantitative estimate of drug-likeness (QED) is 0.605. The van der Waals surface area contributed by atoms with E-state index in [0.717, 1.165) is 19.5 Å². The summed E-state index contributed by atoms with van der Waals surface area (Å²) in [5.41, 5.74) is 0. The molecule has 0 aromatic rings. The molecule has 2 rings (SSSR count). The van der Waals surface area contributed by atoms with Crippen molar-refractivity contribution in [3.63, 3.8) is 0 Å². The van der Waals surface area contributed by atoms with Crippen molar-refractivity contribution < 1.29 is 4.79 Å². The molecule has 0 N–H and O–H groups in total. The van der Waals surface area contributed by atoms with Crippen molar-refractivity contribution in [3.05, 3.63) is 12.2 Å². The van der Waals surface area contributed by atoms with Crippen LogP contribution < -0.4 is 0 Å². The average molecular weight is 208 g/mol. The van der Waals surface area contributed by atoms with Gasteiger partial charge in [-0.1, -0.05) is 19.1 Å².